The largest absolute Gasteiger partial charge is 0.490 e. The molecule has 0 atom stereocenters. The van der Waals surface area contributed by atoms with Gasteiger partial charge in [-0.3, -0.25) is 19.2 Å². The van der Waals surface area contributed by atoms with Crippen LogP contribution in [-0.4, -0.2) is 45.4 Å². The Morgan fingerprint density at radius 2 is 1.97 bits per heavy atom. The van der Waals surface area contributed by atoms with Crippen molar-refractivity contribution in [3.05, 3.63) is 63.2 Å². The van der Waals surface area contributed by atoms with Gasteiger partial charge >= 0.3 is 5.69 Å². The Kier molecular flexibility index (Phi) is 7.13. The number of carbonyl (C=O) groups excluding carboxylic acids is 1. The van der Waals surface area contributed by atoms with Crippen molar-refractivity contribution in [2.24, 2.45) is 5.10 Å². The number of carbonyl (C=O) groups is 1. The molecule has 0 aliphatic rings. The number of nitro benzene ring substituents is 1. The smallest absolute Gasteiger partial charge is 0.311 e. The van der Waals surface area contributed by atoms with Crippen molar-refractivity contribution in [3.8, 4) is 5.75 Å². The zero-order valence-corrected chi connectivity index (χ0v) is 17.0. The molecule has 0 spiro atoms. The maximum Gasteiger partial charge on any atom is 0.311 e. The molecule has 0 saturated heterocycles. The third-order valence-corrected chi connectivity index (χ3v) is 5.00. The minimum Gasteiger partial charge on any atom is -0.490 e. The van der Waals surface area contributed by atoms with Crippen molar-refractivity contribution in [1.82, 2.24) is 5.43 Å². The van der Waals surface area contributed by atoms with Gasteiger partial charge in [-0.25, -0.2) is 13.8 Å². The van der Waals surface area contributed by atoms with Gasteiger partial charge in [0.25, 0.3) is 5.91 Å². The quantitative estimate of drug-likeness (QED) is 0.380. The molecule has 0 fully saturated rings. The number of hydrogen-bond donors (Lipinski definition) is 1. The first kappa shape index (κ1) is 22.1. The second kappa shape index (κ2) is 9.34. The van der Waals surface area contributed by atoms with Crippen LogP contribution in [0.1, 0.15) is 5.56 Å². The summed E-state index contributed by atoms with van der Waals surface area (Å²) in [6, 6.07) is 10.1. The molecular weight excluding hydrogens is 424 g/mol. The number of benzene rings is 2. The topological polar surface area (TPSA) is 131 Å². The molecule has 154 valence electrons. The zero-order chi connectivity index (χ0) is 21.6. The van der Waals surface area contributed by atoms with Crippen LogP contribution in [0.2, 0.25) is 5.02 Å². The Bertz CT molecular complexity index is 1040. The summed E-state index contributed by atoms with van der Waals surface area (Å²) in [6.07, 6.45) is 2.16. The molecule has 1 N–H and O–H groups in total. The minimum absolute atomic E-state index is 0.0861. The van der Waals surface area contributed by atoms with E-state index in [0.717, 1.165) is 10.6 Å². The molecule has 10 nitrogen and oxygen atoms in total. The molecule has 2 rings (SSSR count). The highest BCUT2D eigenvalue weighted by atomic mass is 35.5. The number of hydrazone groups is 1. The first-order valence-electron chi connectivity index (χ1n) is 7.99. The van der Waals surface area contributed by atoms with Gasteiger partial charge in [0.05, 0.1) is 30.2 Å². The first-order valence-corrected chi connectivity index (χ1v) is 10.2. The number of amides is 1. The number of hydrogen-bond acceptors (Lipinski definition) is 7. The highest BCUT2D eigenvalue weighted by molar-refractivity contribution is 7.92. The monoisotopic (exact) mass is 440 g/mol. The third kappa shape index (κ3) is 6.16. The van der Waals surface area contributed by atoms with Gasteiger partial charge in [0.15, 0.2) is 5.75 Å². The maximum atomic E-state index is 12.1. The van der Waals surface area contributed by atoms with E-state index in [1.165, 1.54) is 55.8 Å². The van der Waals surface area contributed by atoms with E-state index in [1.807, 2.05) is 0 Å². The van der Waals surface area contributed by atoms with Crippen LogP contribution in [0.5, 0.6) is 5.75 Å². The van der Waals surface area contributed by atoms with Crippen LogP contribution in [0.25, 0.3) is 0 Å². The summed E-state index contributed by atoms with van der Waals surface area (Å²) in [4.78, 5) is 22.5. The van der Waals surface area contributed by atoms with Crippen molar-refractivity contribution in [2.45, 2.75) is 0 Å². The fourth-order valence-corrected chi connectivity index (χ4v) is 3.26. The second-order valence-corrected chi connectivity index (χ2v) is 8.07. The van der Waals surface area contributed by atoms with Gasteiger partial charge < -0.3 is 4.74 Å². The number of nitro groups is 1. The molecule has 2 aromatic rings. The van der Waals surface area contributed by atoms with Gasteiger partial charge in [-0.2, -0.15) is 5.10 Å². The molecule has 0 aromatic heterocycles. The third-order valence-electron chi connectivity index (χ3n) is 3.60. The molecule has 0 bridgehead atoms. The lowest BCUT2D eigenvalue weighted by molar-refractivity contribution is -0.385. The van der Waals surface area contributed by atoms with Crippen LogP contribution < -0.4 is 14.5 Å². The molecule has 0 aliphatic carbocycles. The zero-order valence-electron chi connectivity index (χ0n) is 15.4. The van der Waals surface area contributed by atoms with Crippen molar-refractivity contribution >= 4 is 45.1 Å². The van der Waals surface area contributed by atoms with E-state index in [-0.39, 0.29) is 17.1 Å². The number of anilines is 1. The molecule has 0 heterocycles. The van der Waals surface area contributed by atoms with E-state index >= 15 is 0 Å². The predicted molar refractivity (Wildman–Crippen MR) is 109 cm³/mol. The van der Waals surface area contributed by atoms with Crippen molar-refractivity contribution in [3.63, 3.8) is 0 Å². The van der Waals surface area contributed by atoms with Gasteiger partial charge in [-0.15, -0.1) is 0 Å². The summed E-state index contributed by atoms with van der Waals surface area (Å²) in [6.45, 7) is -0.513. The Morgan fingerprint density at radius 3 is 2.52 bits per heavy atom. The Balaban J connectivity index is 2.10. The Morgan fingerprint density at radius 1 is 1.31 bits per heavy atom. The molecule has 0 saturated carbocycles. The van der Waals surface area contributed by atoms with E-state index in [1.54, 1.807) is 0 Å². The summed E-state index contributed by atoms with van der Waals surface area (Å²) in [7, 11) is -2.43. The van der Waals surface area contributed by atoms with Gasteiger partial charge in [-0.1, -0.05) is 11.6 Å². The summed E-state index contributed by atoms with van der Waals surface area (Å²) >= 11 is 5.80. The Hall–Kier alpha value is -3.18. The fourth-order valence-electron chi connectivity index (χ4n) is 2.28. The number of ether oxygens (including phenoxy) is 1. The van der Waals surface area contributed by atoms with Crippen molar-refractivity contribution in [2.75, 3.05) is 24.2 Å². The van der Waals surface area contributed by atoms with Crippen molar-refractivity contribution in [1.29, 1.82) is 0 Å². The average Bonchev–Trinajstić information content (AvgIpc) is 2.66. The molecular formula is C17H17ClN4O6S. The normalized spacial score (nSPS) is 11.3. The van der Waals surface area contributed by atoms with E-state index in [2.05, 4.69) is 10.5 Å². The number of halogens is 1. The molecule has 0 radical (unpaired) electrons. The van der Waals surface area contributed by atoms with Crippen LogP contribution >= 0.6 is 11.6 Å². The molecule has 1 amide bonds. The molecule has 29 heavy (non-hydrogen) atoms. The van der Waals surface area contributed by atoms with Crippen LogP contribution in [-0.2, 0) is 14.8 Å². The minimum atomic E-state index is -3.74. The number of methoxy groups -OCH3 is 1. The lowest BCUT2D eigenvalue weighted by atomic mass is 10.2. The number of nitrogens with one attached hydrogen (secondary N) is 1. The van der Waals surface area contributed by atoms with Gasteiger partial charge in [0.2, 0.25) is 10.0 Å². The lowest BCUT2D eigenvalue weighted by Crippen LogP contribution is -2.38. The fraction of sp³-hybridized carbons (Fsp3) is 0.176. The van der Waals surface area contributed by atoms with E-state index < -0.39 is 27.4 Å². The second-order valence-electron chi connectivity index (χ2n) is 5.73. The summed E-state index contributed by atoms with van der Waals surface area (Å²) < 4.78 is 29.8. The molecule has 0 aliphatic heterocycles. The van der Waals surface area contributed by atoms with Crippen molar-refractivity contribution < 1.29 is 22.9 Å². The van der Waals surface area contributed by atoms with E-state index in [4.69, 9.17) is 16.3 Å². The summed E-state index contributed by atoms with van der Waals surface area (Å²) in [5, 5.41) is 15.2. The molecule has 2 aromatic carbocycles. The molecule has 0 unspecified atom stereocenters. The lowest BCUT2D eigenvalue weighted by Gasteiger charge is -2.21. The van der Waals surface area contributed by atoms with Gasteiger partial charge in [-0.05, 0) is 36.4 Å². The predicted octanol–water partition coefficient (Wildman–Crippen LogP) is 2.17. The first-order chi connectivity index (χ1) is 13.6. The summed E-state index contributed by atoms with van der Waals surface area (Å²) in [5.74, 6) is -0.618. The number of nitrogens with zero attached hydrogens (tertiary/aromatic N) is 3. The number of rotatable bonds is 8. The summed E-state index contributed by atoms with van der Waals surface area (Å²) in [5.41, 5.74) is 2.54. The van der Waals surface area contributed by atoms with Crippen LogP contribution in [0, 0.1) is 10.1 Å². The average molecular weight is 441 g/mol. The van der Waals surface area contributed by atoms with Gasteiger partial charge in [0.1, 0.15) is 6.54 Å². The number of sulfonamides is 1. The van der Waals surface area contributed by atoms with Crippen LogP contribution in [0.3, 0.4) is 0 Å². The van der Waals surface area contributed by atoms with Gasteiger partial charge in [0, 0.05) is 16.7 Å². The standard InChI is InChI=1S/C17H17ClN4O6S/c1-28-16-8-3-12(9-15(16)22(24)25)10-19-20-17(23)11-21(29(2,26)27)14-6-4-13(18)5-7-14/h3-10H,11H2,1-2H3,(H,20,23)/b19-10-. The Labute approximate surface area is 171 Å². The van der Waals surface area contributed by atoms with Crippen LogP contribution in [0.15, 0.2) is 47.6 Å². The van der Waals surface area contributed by atoms with E-state index in [9.17, 15) is 23.3 Å². The molecule has 12 heteroatoms. The maximum absolute atomic E-state index is 12.1. The highest BCUT2D eigenvalue weighted by Gasteiger charge is 2.20. The SMILES string of the molecule is COc1ccc(/C=N\NC(=O)CN(c2ccc(Cl)cc2)S(C)(=O)=O)cc1[N+](=O)[O-]. The van der Waals surface area contributed by atoms with E-state index in [0.29, 0.717) is 10.6 Å². The highest BCUT2D eigenvalue weighted by Crippen LogP contribution is 2.26. The van der Waals surface area contributed by atoms with Crippen LogP contribution in [0.4, 0.5) is 11.4 Å².